The quantitative estimate of drug-likeness (QED) is 0.0732. The minimum atomic E-state index is -1.09. The van der Waals surface area contributed by atoms with Crippen LogP contribution in [-0.2, 0) is 85.1 Å². The average Bonchev–Trinajstić information content (AvgIpc) is 3.40. The summed E-state index contributed by atoms with van der Waals surface area (Å²) in [4.78, 5) is 15.8. The van der Waals surface area contributed by atoms with E-state index in [2.05, 4.69) is 0 Å². The number of fused-ring (bicyclic) bond motifs is 1. The number of rotatable bonds is 20. The molecule has 6 aromatic rings. The molecule has 9 rings (SSSR count). The van der Waals surface area contributed by atoms with Gasteiger partial charge in [0.05, 0.1) is 39.6 Å². The van der Waals surface area contributed by atoms with Crippen molar-refractivity contribution in [2.75, 3.05) is 20.3 Å². The third kappa shape index (κ3) is 12.6. The topological polar surface area (TPSA) is 113 Å². The maximum atomic E-state index is 14.0. The van der Waals surface area contributed by atoms with Crippen LogP contribution in [0.2, 0.25) is 0 Å². The molecule has 3 aliphatic heterocycles. The van der Waals surface area contributed by atoms with Crippen LogP contribution in [0.25, 0.3) is 0 Å². The zero-order chi connectivity index (χ0) is 47.2. The minimum absolute atomic E-state index is 0.0866. The molecule has 360 valence electrons. The minimum Gasteiger partial charge on any atom is -0.374 e. The van der Waals surface area contributed by atoms with E-state index in [1.165, 1.54) is 0 Å². The van der Waals surface area contributed by atoms with E-state index >= 15 is 0 Å². The summed E-state index contributed by atoms with van der Waals surface area (Å²) >= 11 is 0. The molecule has 11 atom stereocenters. The molecule has 6 aromatic carbocycles. The van der Waals surface area contributed by atoms with Gasteiger partial charge in [-0.25, -0.2) is 0 Å². The van der Waals surface area contributed by atoms with E-state index in [0.717, 1.165) is 33.4 Å². The van der Waals surface area contributed by atoms with Gasteiger partial charge in [0.15, 0.2) is 18.9 Å². The Morgan fingerprint density at radius 1 is 0.536 bits per heavy atom. The van der Waals surface area contributed by atoms with Gasteiger partial charge in [-0.1, -0.05) is 182 Å². The van der Waals surface area contributed by atoms with E-state index < -0.39 is 67.6 Å². The highest BCUT2D eigenvalue weighted by Crippen LogP contribution is 2.40. The third-order valence-corrected chi connectivity index (χ3v) is 12.7. The first-order valence-electron chi connectivity index (χ1n) is 23.7. The predicted octanol–water partition coefficient (Wildman–Crippen LogP) is 8.97. The fourth-order valence-corrected chi connectivity index (χ4v) is 9.23. The summed E-state index contributed by atoms with van der Waals surface area (Å²) in [7, 11) is 1.58. The third-order valence-electron chi connectivity index (χ3n) is 12.7. The van der Waals surface area contributed by atoms with Crippen LogP contribution in [0.5, 0.6) is 0 Å². The Morgan fingerprint density at radius 3 is 1.54 bits per heavy atom. The van der Waals surface area contributed by atoms with E-state index in [0.29, 0.717) is 6.61 Å². The first-order chi connectivity index (χ1) is 34.0. The van der Waals surface area contributed by atoms with Crippen molar-refractivity contribution in [3.8, 4) is 0 Å². The van der Waals surface area contributed by atoms with Gasteiger partial charge in [0.25, 0.3) is 0 Å². The van der Waals surface area contributed by atoms with Crippen molar-refractivity contribution >= 4 is 5.91 Å². The van der Waals surface area contributed by atoms with Crippen molar-refractivity contribution in [2.24, 2.45) is 0 Å². The molecule has 3 saturated heterocycles. The number of carbonyl (C=O) groups excluding carboxylic acids is 1. The lowest BCUT2D eigenvalue weighted by Crippen LogP contribution is -2.69. The molecule has 0 aromatic heterocycles. The van der Waals surface area contributed by atoms with Crippen molar-refractivity contribution < 1.29 is 52.2 Å². The monoisotopic (exact) mass is 935 g/mol. The van der Waals surface area contributed by atoms with Crippen LogP contribution in [-0.4, -0.2) is 92.5 Å². The van der Waals surface area contributed by atoms with E-state index in [4.69, 9.17) is 47.4 Å². The van der Waals surface area contributed by atoms with Crippen LogP contribution >= 0.6 is 0 Å². The van der Waals surface area contributed by atoms with Gasteiger partial charge in [-0.2, -0.15) is 0 Å². The summed E-state index contributed by atoms with van der Waals surface area (Å²) in [5, 5.41) is 0. The zero-order valence-corrected chi connectivity index (χ0v) is 39.1. The number of carbonyl (C=O) groups is 1. The van der Waals surface area contributed by atoms with Crippen LogP contribution in [0.3, 0.4) is 0 Å². The van der Waals surface area contributed by atoms with Gasteiger partial charge in [0, 0.05) is 26.1 Å². The Morgan fingerprint density at radius 2 is 1.01 bits per heavy atom. The lowest BCUT2D eigenvalue weighted by atomic mass is 9.93. The van der Waals surface area contributed by atoms with Crippen molar-refractivity contribution in [1.82, 2.24) is 4.90 Å². The molecule has 0 radical (unpaired) electrons. The lowest BCUT2D eigenvalue weighted by molar-refractivity contribution is -0.393. The summed E-state index contributed by atoms with van der Waals surface area (Å²) < 4.78 is 68.4. The van der Waals surface area contributed by atoms with Gasteiger partial charge in [-0.05, 0) is 27.8 Å². The summed E-state index contributed by atoms with van der Waals surface area (Å²) in [6.07, 6.45) is -8.14. The highest BCUT2D eigenvalue weighted by molar-refractivity contribution is 5.74. The van der Waals surface area contributed by atoms with E-state index in [9.17, 15) is 4.79 Å². The molecule has 3 heterocycles. The Kier molecular flexibility index (Phi) is 17.0. The lowest BCUT2D eigenvalue weighted by Gasteiger charge is -2.52. The van der Waals surface area contributed by atoms with E-state index in [-0.39, 0.29) is 45.5 Å². The molecule has 0 saturated carbocycles. The molecule has 1 amide bonds. The highest BCUT2D eigenvalue weighted by Gasteiger charge is 2.56. The SMILES string of the molecule is CO[C@H]1O[C@H](COCc2ccccc2)[C@@H](O[C@@H]2O[C@@H]3COC(c4ccccc4)O[C@H]3[C@H](OCc3ccccc3)[C@@H]2OCc2ccccc2)[C@H](OCc2ccccc2)[C@H]1N(Cc1ccccc1)C(C)=O. The van der Waals surface area contributed by atoms with Gasteiger partial charge in [0.2, 0.25) is 5.91 Å². The Balaban J connectivity index is 1.11. The van der Waals surface area contributed by atoms with E-state index in [1.807, 2.05) is 182 Å². The number of nitrogens with zero attached hydrogens (tertiary/aromatic N) is 1. The number of methoxy groups -OCH3 is 1. The first kappa shape index (κ1) is 48.4. The number of benzene rings is 6. The molecule has 12 heteroatoms. The maximum Gasteiger partial charge on any atom is 0.220 e. The van der Waals surface area contributed by atoms with Gasteiger partial charge in [-0.3, -0.25) is 4.79 Å². The molecule has 0 spiro atoms. The first-order valence-corrected chi connectivity index (χ1v) is 23.7. The van der Waals surface area contributed by atoms with Gasteiger partial charge in [-0.15, -0.1) is 0 Å². The Bertz CT molecular complexity index is 2420. The normalized spacial score (nSPS) is 26.7. The molecule has 3 aliphatic rings. The van der Waals surface area contributed by atoms with Crippen LogP contribution in [0, 0.1) is 0 Å². The molecule has 0 bridgehead atoms. The smallest absolute Gasteiger partial charge is 0.220 e. The molecule has 12 nitrogen and oxygen atoms in total. The number of amides is 1. The number of ether oxygens (including phenoxy) is 10. The fourth-order valence-electron chi connectivity index (χ4n) is 9.23. The Hall–Kier alpha value is -5.61. The molecule has 69 heavy (non-hydrogen) atoms. The summed E-state index contributed by atoms with van der Waals surface area (Å²) in [6, 6.07) is 58.7. The second kappa shape index (κ2) is 24.3. The Labute approximate surface area is 404 Å². The zero-order valence-electron chi connectivity index (χ0n) is 39.1. The maximum absolute atomic E-state index is 14.0. The molecule has 0 N–H and O–H groups in total. The van der Waals surface area contributed by atoms with Crippen molar-refractivity contribution in [2.45, 2.75) is 108 Å². The summed E-state index contributed by atoms with van der Waals surface area (Å²) in [6.45, 7) is 3.08. The van der Waals surface area contributed by atoms with Crippen LogP contribution in [0.1, 0.15) is 46.6 Å². The highest BCUT2D eigenvalue weighted by atomic mass is 16.8. The molecule has 1 unspecified atom stereocenters. The van der Waals surface area contributed by atoms with Crippen molar-refractivity contribution in [3.05, 3.63) is 215 Å². The molecule has 0 aliphatic carbocycles. The van der Waals surface area contributed by atoms with Gasteiger partial charge < -0.3 is 52.3 Å². The molecule has 3 fully saturated rings. The average molecular weight is 936 g/mol. The second-order valence-corrected chi connectivity index (χ2v) is 17.5. The molecular weight excluding hydrogens is 875 g/mol. The predicted molar refractivity (Wildman–Crippen MR) is 257 cm³/mol. The number of hydrogen-bond donors (Lipinski definition) is 0. The number of hydrogen-bond acceptors (Lipinski definition) is 11. The van der Waals surface area contributed by atoms with Gasteiger partial charge >= 0.3 is 0 Å². The van der Waals surface area contributed by atoms with Crippen molar-refractivity contribution in [1.29, 1.82) is 0 Å². The van der Waals surface area contributed by atoms with Crippen molar-refractivity contribution in [3.63, 3.8) is 0 Å². The molecular formula is C57H61NO11. The standard InChI is InChI=1S/C57H61NO11/c1-40(59)58(33-41-21-9-3-10-22-41)49-52(62-35-43-25-13-5-14-26-43)50(47(66-56(49)60-2)38-61-34-42-23-11-4-12-24-42)69-57-54(64-37-45-29-17-7-18-30-45)53(63-36-44-27-15-6-16-28-44)51-48(67-57)39-65-55(68-51)46-31-19-8-20-32-46/h3-32,47-57H,33-39H2,1-2H3/t47-,48-,49-,50-,51-,52-,53+,54+,55?,56+,57+/m1/s1. The van der Waals surface area contributed by atoms with Crippen LogP contribution in [0.4, 0.5) is 0 Å². The summed E-state index contributed by atoms with van der Waals surface area (Å²) in [5.41, 5.74) is 5.66. The van der Waals surface area contributed by atoms with Crippen LogP contribution < -0.4 is 0 Å². The fraction of sp³-hybridized carbons (Fsp3) is 0.351. The van der Waals surface area contributed by atoms with Crippen LogP contribution in [0.15, 0.2) is 182 Å². The second-order valence-electron chi connectivity index (χ2n) is 17.5. The summed E-state index contributed by atoms with van der Waals surface area (Å²) in [5.74, 6) is -0.194. The van der Waals surface area contributed by atoms with E-state index in [1.54, 1.807) is 18.9 Å². The largest absolute Gasteiger partial charge is 0.374 e. The van der Waals surface area contributed by atoms with Gasteiger partial charge in [0.1, 0.15) is 48.8 Å².